The minimum atomic E-state index is -0.537. The highest BCUT2D eigenvalue weighted by Gasteiger charge is 2.26. The third kappa shape index (κ3) is 1.80. The minimum absolute atomic E-state index is 0.0752. The summed E-state index contributed by atoms with van der Waals surface area (Å²) in [5.74, 6) is 0.0752. The Morgan fingerprint density at radius 3 is 2.64 bits per heavy atom. The van der Waals surface area contributed by atoms with Crippen molar-refractivity contribution < 1.29 is 9.90 Å². The molecule has 0 saturated heterocycles. The summed E-state index contributed by atoms with van der Waals surface area (Å²) in [6.07, 6.45) is 2.23. The fourth-order valence-electron chi connectivity index (χ4n) is 1.19. The highest BCUT2D eigenvalue weighted by molar-refractivity contribution is 5.98. The van der Waals surface area contributed by atoms with E-state index in [0.29, 0.717) is 18.4 Å². The van der Waals surface area contributed by atoms with Gasteiger partial charge in [-0.25, -0.2) is 0 Å². The van der Waals surface area contributed by atoms with Crippen molar-refractivity contribution in [3.05, 3.63) is 11.8 Å². The second-order valence-electron chi connectivity index (χ2n) is 3.03. The zero-order valence-corrected chi connectivity index (χ0v) is 6.87. The van der Waals surface area contributed by atoms with E-state index in [1.54, 1.807) is 11.1 Å². The third-order valence-electron chi connectivity index (χ3n) is 1.72. The first kappa shape index (κ1) is 8.27. The van der Waals surface area contributed by atoms with Gasteiger partial charge >= 0.3 is 0 Å². The number of aliphatic hydroxyl groups is 1. The minimum Gasteiger partial charge on any atom is -0.388 e. The van der Waals surface area contributed by atoms with E-state index in [-0.39, 0.29) is 5.78 Å². The first-order valence-electron chi connectivity index (χ1n) is 3.70. The van der Waals surface area contributed by atoms with Crippen LogP contribution in [0.3, 0.4) is 0 Å². The molecule has 1 atom stereocenters. The number of hydrogen-bond donors (Lipinski definition) is 1. The van der Waals surface area contributed by atoms with Gasteiger partial charge in [0.25, 0.3) is 0 Å². The average molecular weight is 155 g/mol. The Labute approximate surface area is 66.3 Å². The maximum Gasteiger partial charge on any atom is 0.163 e. The normalized spacial score (nSPS) is 28.1. The number of carbonyl (C=O) groups excluding carboxylic acids is 1. The lowest BCUT2D eigenvalue weighted by Gasteiger charge is -2.08. The largest absolute Gasteiger partial charge is 0.388 e. The topological polar surface area (TPSA) is 40.5 Å². The number of ketones is 1. The van der Waals surface area contributed by atoms with Crippen molar-refractivity contribution in [3.8, 4) is 0 Å². The fourth-order valence-corrected chi connectivity index (χ4v) is 1.19. The van der Waals surface area contributed by atoms with Crippen LogP contribution in [0, 0.1) is 0 Å². The molecule has 11 heavy (non-hydrogen) atoms. The summed E-state index contributed by atoms with van der Waals surface area (Å²) in [5.41, 5.74) is 0.551. The van der Waals surface area contributed by atoms with E-state index < -0.39 is 6.10 Å². The van der Waals surface area contributed by atoms with E-state index >= 15 is 0 Å². The Morgan fingerprint density at radius 2 is 2.27 bits per heavy atom. The van der Waals surface area contributed by atoms with Crippen molar-refractivity contribution >= 4 is 5.78 Å². The maximum absolute atomic E-state index is 11.1. The molecule has 0 spiro atoms. The Balaban J connectivity index is 2.76. The van der Waals surface area contributed by atoms with Gasteiger partial charge in [0.15, 0.2) is 5.78 Å². The van der Waals surface area contributed by atoms with Gasteiger partial charge < -0.3 is 10.0 Å². The van der Waals surface area contributed by atoms with Gasteiger partial charge in [0.05, 0.1) is 6.10 Å². The van der Waals surface area contributed by atoms with Crippen LogP contribution in [0.25, 0.3) is 0 Å². The molecule has 62 valence electrons. The zero-order chi connectivity index (χ0) is 8.43. The van der Waals surface area contributed by atoms with Gasteiger partial charge in [-0.1, -0.05) is 0 Å². The van der Waals surface area contributed by atoms with Crippen LogP contribution < -0.4 is 0 Å². The summed E-state index contributed by atoms with van der Waals surface area (Å²) in [4.78, 5) is 12.8. The number of aliphatic hydroxyl groups excluding tert-OH is 1. The molecule has 0 aromatic carbocycles. The van der Waals surface area contributed by atoms with Crippen molar-refractivity contribution in [2.75, 3.05) is 14.1 Å². The first-order valence-corrected chi connectivity index (χ1v) is 3.70. The van der Waals surface area contributed by atoms with Crippen LogP contribution >= 0.6 is 0 Å². The molecule has 1 unspecified atom stereocenters. The van der Waals surface area contributed by atoms with Crippen molar-refractivity contribution in [1.29, 1.82) is 0 Å². The highest BCUT2D eigenvalue weighted by Crippen LogP contribution is 2.20. The summed E-state index contributed by atoms with van der Waals surface area (Å²) in [6.45, 7) is 0. The zero-order valence-electron chi connectivity index (χ0n) is 6.87. The Bertz CT molecular complexity index is 196. The molecule has 1 fully saturated rings. The molecule has 0 aromatic rings. The molecule has 0 heterocycles. The summed E-state index contributed by atoms with van der Waals surface area (Å²) in [6, 6.07) is 0. The van der Waals surface area contributed by atoms with Crippen LogP contribution in [-0.2, 0) is 4.79 Å². The molecule has 1 rings (SSSR count). The van der Waals surface area contributed by atoms with E-state index in [1.807, 2.05) is 14.1 Å². The number of nitrogens with zero attached hydrogens (tertiary/aromatic N) is 1. The van der Waals surface area contributed by atoms with Gasteiger partial charge in [-0.2, -0.15) is 0 Å². The SMILES string of the molecule is CN(C)/C=C1\C(=O)CCC1O. The molecule has 0 amide bonds. The van der Waals surface area contributed by atoms with Crippen LogP contribution in [0.15, 0.2) is 11.8 Å². The lowest BCUT2D eigenvalue weighted by molar-refractivity contribution is -0.114. The second-order valence-corrected chi connectivity index (χ2v) is 3.03. The van der Waals surface area contributed by atoms with Crippen molar-refractivity contribution in [1.82, 2.24) is 4.90 Å². The number of hydrogen-bond acceptors (Lipinski definition) is 3. The van der Waals surface area contributed by atoms with E-state index in [0.717, 1.165) is 0 Å². The molecular weight excluding hydrogens is 142 g/mol. The molecule has 1 aliphatic carbocycles. The fraction of sp³-hybridized carbons (Fsp3) is 0.625. The summed E-state index contributed by atoms with van der Waals surface area (Å²) in [7, 11) is 3.68. The molecule has 1 aliphatic rings. The van der Waals surface area contributed by atoms with E-state index in [1.165, 1.54) is 0 Å². The first-order chi connectivity index (χ1) is 5.11. The Kier molecular flexibility index (Phi) is 2.29. The van der Waals surface area contributed by atoms with Gasteiger partial charge in [0, 0.05) is 32.3 Å². The molecule has 0 aromatic heterocycles. The maximum atomic E-state index is 11.1. The predicted octanol–water partition coefficient (Wildman–Crippen LogP) is 0.156. The van der Waals surface area contributed by atoms with Crippen LogP contribution in [0.4, 0.5) is 0 Å². The standard InChI is InChI=1S/C8H13NO2/c1-9(2)5-6-7(10)3-4-8(6)11/h5,7,10H,3-4H2,1-2H3/b6-5-. The second kappa shape index (κ2) is 3.05. The highest BCUT2D eigenvalue weighted by atomic mass is 16.3. The van der Waals surface area contributed by atoms with E-state index in [4.69, 9.17) is 0 Å². The lowest BCUT2D eigenvalue weighted by atomic mass is 10.2. The number of rotatable bonds is 1. The van der Waals surface area contributed by atoms with Gasteiger partial charge in [0.1, 0.15) is 0 Å². The molecule has 3 heteroatoms. The smallest absolute Gasteiger partial charge is 0.163 e. The molecule has 1 saturated carbocycles. The van der Waals surface area contributed by atoms with Crippen molar-refractivity contribution in [2.45, 2.75) is 18.9 Å². The van der Waals surface area contributed by atoms with Gasteiger partial charge in [-0.3, -0.25) is 4.79 Å². The van der Waals surface area contributed by atoms with Gasteiger partial charge in [-0.05, 0) is 6.42 Å². The molecule has 0 bridgehead atoms. The molecular formula is C8H13NO2. The monoisotopic (exact) mass is 155 g/mol. The van der Waals surface area contributed by atoms with Crippen LogP contribution in [-0.4, -0.2) is 36.0 Å². The third-order valence-corrected chi connectivity index (χ3v) is 1.72. The Hall–Kier alpha value is -0.830. The van der Waals surface area contributed by atoms with Gasteiger partial charge in [-0.15, -0.1) is 0 Å². The number of Topliss-reactive ketones (excluding diaryl/α,β-unsaturated/α-hetero) is 1. The molecule has 3 nitrogen and oxygen atoms in total. The average Bonchev–Trinajstić information content (AvgIpc) is 2.18. The van der Waals surface area contributed by atoms with Crippen LogP contribution in [0.2, 0.25) is 0 Å². The van der Waals surface area contributed by atoms with Crippen LogP contribution in [0.1, 0.15) is 12.8 Å². The molecule has 0 aliphatic heterocycles. The number of carbonyl (C=O) groups is 1. The summed E-state index contributed by atoms with van der Waals surface area (Å²) in [5, 5.41) is 9.29. The van der Waals surface area contributed by atoms with E-state index in [9.17, 15) is 9.90 Å². The predicted molar refractivity (Wildman–Crippen MR) is 42.0 cm³/mol. The molecule has 0 radical (unpaired) electrons. The summed E-state index contributed by atoms with van der Waals surface area (Å²) < 4.78 is 0. The van der Waals surface area contributed by atoms with Crippen molar-refractivity contribution in [3.63, 3.8) is 0 Å². The van der Waals surface area contributed by atoms with Gasteiger partial charge in [0.2, 0.25) is 0 Å². The van der Waals surface area contributed by atoms with E-state index in [2.05, 4.69) is 0 Å². The molecule has 1 N–H and O–H groups in total. The lowest BCUT2D eigenvalue weighted by Crippen LogP contribution is -2.12. The Morgan fingerprint density at radius 1 is 1.64 bits per heavy atom. The summed E-state index contributed by atoms with van der Waals surface area (Å²) >= 11 is 0. The quantitative estimate of drug-likeness (QED) is 0.548. The van der Waals surface area contributed by atoms with Crippen molar-refractivity contribution in [2.24, 2.45) is 0 Å². The van der Waals surface area contributed by atoms with Crippen LogP contribution in [0.5, 0.6) is 0 Å².